The van der Waals surface area contributed by atoms with Crippen LogP contribution in [0.3, 0.4) is 0 Å². The molecule has 0 radical (unpaired) electrons. The maximum absolute atomic E-state index is 11.6. The lowest BCUT2D eigenvalue weighted by atomic mass is 9.99. The highest BCUT2D eigenvalue weighted by atomic mass is 16.5. The highest BCUT2D eigenvalue weighted by Gasteiger charge is 2.49. The van der Waals surface area contributed by atoms with E-state index < -0.39 is 22.8 Å². The first-order valence-electron chi connectivity index (χ1n) is 8.53. The molecule has 2 aliphatic rings. The van der Waals surface area contributed by atoms with E-state index in [2.05, 4.69) is 0 Å². The van der Waals surface area contributed by atoms with Crippen molar-refractivity contribution in [3.05, 3.63) is 0 Å². The first-order chi connectivity index (χ1) is 10.9. The molecule has 2 saturated carbocycles. The topological polar surface area (TPSA) is 101 Å². The second-order valence-corrected chi connectivity index (χ2v) is 7.06. The molecule has 2 rings (SSSR count). The van der Waals surface area contributed by atoms with Crippen LogP contribution in [0.5, 0.6) is 0 Å². The Morgan fingerprint density at radius 2 is 1.26 bits per heavy atom. The minimum atomic E-state index is -0.713. The number of unbranched alkanes of at least 4 members (excludes halogenated alkanes) is 2. The van der Waals surface area contributed by atoms with Gasteiger partial charge in [0.1, 0.15) is 0 Å². The van der Waals surface area contributed by atoms with E-state index in [0.717, 1.165) is 38.5 Å². The van der Waals surface area contributed by atoms with Gasteiger partial charge in [-0.1, -0.05) is 6.42 Å². The predicted molar refractivity (Wildman–Crippen MR) is 81.9 cm³/mol. The molecule has 0 aliphatic heterocycles. The zero-order valence-electron chi connectivity index (χ0n) is 13.5. The van der Waals surface area contributed by atoms with Crippen LogP contribution in [0.1, 0.15) is 70.6 Å². The van der Waals surface area contributed by atoms with Crippen molar-refractivity contribution in [1.82, 2.24) is 0 Å². The zero-order chi connectivity index (χ0) is 16.9. The normalized spacial score (nSPS) is 19.8. The number of ether oxygens (including phenoxy) is 1. The van der Waals surface area contributed by atoms with Gasteiger partial charge in [0, 0.05) is 6.42 Å². The minimum absolute atomic E-state index is 0.246. The Morgan fingerprint density at radius 1 is 0.783 bits per heavy atom. The third kappa shape index (κ3) is 4.94. The maximum Gasteiger partial charge on any atom is 0.309 e. The molecule has 6 nitrogen and oxygen atoms in total. The lowest BCUT2D eigenvalue weighted by Gasteiger charge is -2.10. The number of rotatable bonds is 12. The van der Waals surface area contributed by atoms with E-state index in [1.807, 2.05) is 0 Å². The Kier molecular flexibility index (Phi) is 5.65. The van der Waals surface area contributed by atoms with Crippen LogP contribution >= 0.6 is 0 Å². The van der Waals surface area contributed by atoms with Gasteiger partial charge >= 0.3 is 17.9 Å². The molecule has 2 N–H and O–H groups in total. The lowest BCUT2D eigenvalue weighted by molar-refractivity contribution is -0.145. The van der Waals surface area contributed by atoms with E-state index in [1.165, 1.54) is 0 Å². The molecule has 6 heteroatoms. The smallest absolute Gasteiger partial charge is 0.309 e. The van der Waals surface area contributed by atoms with Crippen molar-refractivity contribution in [2.45, 2.75) is 70.6 Å². The molecular formula is C17H26O6. The molecule has 0 aromatic rings. The van der Waals surface area contributed by atoms with Crippen LogP contribution < -0.4 is 0 Å². The highest BCUT2D eigenvalue weighted by molar-refractivity contribution is 5.78. The van der Waals surface area contributed by atoms with Gasteiger partial charge in [-0.3, -0.25) is 14.4 Å². The quantitative estimate of drug-likeness (QED) is 0.422. The van der Waals surface area contributed by atoms with Crippen LogP contribution in [0.15, 0.2) is 0 Å². The number of aliphatic carboxylic acids is 2. The number of carbonyl (C=O) groups excluding carboxylic acids is 1. The molecule has 2 fully saturated rings. The molecule has 0 aromatic heterocycles. The number of hydrogen-bond donors (Lipinski definition) is 2. The first kappa shape index (κ1) is 17.8. The van der Waals surface area contributed by atoms with E-state index in [4.69, 9.17) is 14.9 Å². The van der Waals surface area contributed by atoms with Gasteiger partial charge in [-0.25, -0.2) is 0 Å². The van der Waals surface area contributed by atoms with Crippen LogP contribution in [0.4, 0.5) is 0 Å². The minimum Gasteiger partial charge on any atom is -0.481 e. The van der Waals surface area contributed by atoms with Gasteiger partial charge in [0.05, 0.1) is 17.4 Å². The summed E-state index contributed by atoms with van der Waals surface area (Å²) in [5.74, 6) is -1.66. The second kappa shape index (κ2) is 7.32. The molecular weight excluding hydrogens is 300 g/mol. The predicted octanol–water partition coefficient (Wildman–Crippen LogP) is 2.99. The summed E-state index contributed by atoms with van der Waals surface area (Å²) in [6.07, 6.45) is 7.54. The van der Waals surface area contributed by atoms with Crippen molar-refractivity contribution in [2.75, 3.05) is 6.61 Å². The Hall–Kier alpha value is -1.59. The maximum atomic E-state index is 11.6. The average Bonchev–Trinajstić information content (AvgIpc) is 3.38. The molecule has 0 bridgehead atoms. The van der Waals surface area contributed by atoms with E-state index in [-0.39, 0.29) is 5.97 Å². The van der Waals surface area contributed by atoms with Gasteiger partial charge < -0.3 is 14.9 Å². The van der Waals surface area contributed by atoms with Crippen molar-refractivity contribution in [2.24, 2.45) is 10.8 Å². The number of esters is 1. The summed E-state index contributed by atoms with van der Waals surface area (Å²) in [4.78, 5) is 33.6. The first-order valence-corrected chi connectivity index (χ1v) is 8.53. The van der Waals surface area contributed by atoms with Crippen molar-refractivity contribution in [1.29, 1.82) is 0 Å². The summed E-state index contributed by atoms with van der Waals surface area (Å²) in [5, 5.41) is 18.1. The number of carboxylic acid groups (broad SMARTS) is 2. The fourth-order valence-electron chi connectivity index (χ4n) is 3.00. The SMILES string of the molecule is O=C(CCCCC1(C(=O)O)CC1)OCCCCC1(C(=O)O)CC1. The second-order valence-electron chi connectivity index (χ2n) is 7.06. The average molecular weight is 326 g/mol. The van der Waals surface area contributed by atoms with Gasteiger partial charge in [-0.2, -0.15) is 0 Å². The summed E-state index contributed by atoms with van der Waals surface area (Å²) in [7, 11) is 0. The van der Waals surface area contributed by atoms with E-state index in [9.17, 15) is 14.4 Å². The fourth-order valence-corrected chi connectivity index (χ4v) is 3.00. The summed E-state index contributed by atoms with van der Waals surface area (Å²) < 4.78 is 5.13. The monoisotopic (exact) mass is 326 g/mol. The molecule has 0 heterocycles. The molecule has 0 amide bonds. The Morgan fingerprint density at radius 3 is 1.70 bits per heavy atom. The molecule has 2 aliphatic carbocycles. The third-order valence-corrected chi connectivity index (χ3v) is 5.21. The number of carbonyl (C=O) groups is 3. The highest BCUT2D eigenvalue weighted by Crippen LogP contribution is 2.50. The molecule has 0 spiro atoms. The number of hydrogen-bond acceptors (Lipinski definition) is 4. The van der Waals surface area contributed by atoms with E-state index in [0.29, 0.717) is 38.7 Å². The van der Waals surface area contributed by atoms with Crippen LogP contribution in [0, 0.1) is 10.8 Å². The van der Waals surface area contributed by atoms with Crippen LogP contribution in [0.2, 0.25) is 0 Å². The molecule has 23 heavy (non-hydrogen) atoms. The van der Waals surface area contributed by atoms with Gasteiger partial charge in [-0.05, 0) is 57.8 Å². The molecule has 0 atom stereocenters. The third-order valence-electron chi connectivity index (χ3n) is 5.21. The zero-order valence-corrected chi connectivity index (χ0v) is 13.5. The Labute approximate surface area is 136 Å². The Bertz CT molecular complexity index is 462. The summed E-state index contributed by atoms with van der Waals surface area (Å²) in [5.41, 5.74) is -1.00. The van der Waals surface area contributed by atoms with Gasteiger partial charge in [0.2, 0.25) is 0 Å². The summed E-state index contributed by atoms with van der Waals surface area (Å²) >= 11 is 0. The van der Waals surface area contributed by atoms with Crippen LogP contribution in [0.25, 0.3) is 0 Å². The van der Waals surface area contributed by atoms with Crippen molar-refractivity contribution in [3.63, 3.8) is 0 Å². The van der Waals surface area contributed by atoms with Crippen molar-refractivity contribution in [3.8, 4) is 0 Å². The van der Waals surface area contributed by atoms with Crippen LogP contribution in [-0.2, 0) is 19.1 Å². The summed E-state index contributed by atoms with van der Waals surface area (Å²) in [6.45, 7) is 0.341. The van der Waals surface area contributed by atoms with Crippen molar-refractivity contribution >= 4 is 17.9 Å². The van der Waals surface area contributed by atoms with Crippen molar-refractivity contribution < 1.29 is 29.3 Å². The fraction of sp³-hybridized carbons (Fsp3) is 0.824. The molecule has 130 valence electrons. The molecule has 0 saturated heterocycles. The van der Waals surface area contributed by atoms with Gasteiger partial charge in [0.15, 0.2) is 0 Å². The molecule has 0 unspecified atom stereocenters. The largest absolute Gasteiger partial charge is 0.481 e. The lowest BCUT2D eigenvalue weighted by Crippen LogP contribution is -2.15. The standard InChI is InChI=1S/C17H26O6/c18-13(5-1-2-6-16(8-9-16)14(19)20)23-12-4-3-7-17(10-11-17)15(21)22/h1-12H2,(H,19,20)(H,21,22). The molecule has 0 aromatic carbocycles. The van der Waals surface area contributed by atoms with E-state index >= 15 is 0 Å². The van der Waals surface area contributed by atoms with Crippen LogP contribution in [-0.4, -0.2) is 34.7 Å². The van der Waals surface area contributed by atoms with Gasteiger partial charge in [-0.15, -0.1) is 0 Å². The number of carboxylic acids is 2. The Balaban J connectivity index is 1.45. The van der Waals surface area contributed by atoms with E-state index in [1.54, 1.807) is 0 Å². The summed E-state index contributed by atoms with van der Waals surface area (Å²) in [6, 6.07) is 0. The van der Waals surface area contributed by atoms with Gasteiger partial charge in [0.25, 0.3) is 0 Å².